The summed E-state index contributed by atoms with van der Waals surface area (Å²) in [7, 11) is 1.51. The number of hydrogen-bond acceptors (Lipinski definition) is 4. The molecule has 0 saturated heterocycles. The first-order valence-electron chi connectivity index (χ1n) is 9.10. The van der Waals surface area contributed by atoms with Crippen molar-refractivity contribution in [3.63, 3.8) is 0 Å². The number of esters is 1. The molecule has 0 fully saturated rings. The van der Waals surface area contributed by atoms with Crippen LogP contribution in [0.3, 0.4) is 0 Å². The number of halogens is 3. The second kappa shape index (κ2) is 9.36. The summed E-state index contributed by atoms with van der Waals surface area (Å²) in [5.74, 6) is -0.648. The Kier molecular flexibility index (Phi) is 6.84. The van der Waals surface area contributed by atoms with E-state index >= 15 is 0 Å². The highest BCUT2D eigenvalue weighted by atomic mass is 35.5. The van der Waals surface area contributed by atoms with Gasteiger partial charge in [-0.25, -0.2) is 14.0 Å². The van der Waals surface area contributed by atoms with Crippen LogP contribution in [0.4, 0.5) is 9.18 Å². The van der Waals surface area contributed by atoms with Crippen LogP contribution in [0.5, 0.6) is 5.75 Å². The van der Waals surface area contributed by atoms with Crippen LogP contribution in [-0.2, 0) is 9.53 Å². The van der Waals surface area contributed by atoms with E-state index in [0.29, 0.717) is 17.0 Å². The number of carbonyl (C=O) groups is 2. The van der Waals surface area contributed by atoms with Crippen molar-refractivity contribution in [3.05, 3.63) is 75.2 Å². The number of benzene rings is 2. The van der Waals surface area contributed by atoms with E-state index in [2.05, 4.69) is 5.32 Å². The molecule has 1 heterocycles. The summed E-state index contributed by atoms with van der Waals surface area (Å²) in [6.45, 7) is 1.69. The SMILES string of the molecule is CCOC(=O)C1=C(COc2ccc(F)cc2)N(C)C(=O)NC1c1cccc(Cl)c1Cl. The first kappa shape index (κ1) is 21.9. The Hall–Kier alpha value is -2.77. The fourth-order valence-corrected chi connectivity index (χ4v) is 3.46. The van der Waals surface area contributed by atoms with Crippen LogP contribution >= 0.6 is 23.2 Å². The number of nitrogens with zero attached hydrogens (tertiary/aromatic N) is 1. The van der Waals surface area contributed by atoms with E-state index in [1.807, 2.05) is 0 Å². The zero-order chi connectivity index (χ0) is 21.8. The van der Waals surface area contributed by atoms with Gasteiger partial charge in [-0.2, -0.15) is 0 Å². The highest BCUT2D eigenvalue weighted by Crippen LogP contribution is 2.37. The average molecular weight is 453 g/mol. The van der Waals surface area contributed by atoms with Crippen LogP contribution in [0.2, 0.25) is 10.0 Å². The minimum absolute atomic E-state index is 0.127. The first-order valence-corrected chi connectivity index (χ1v) is 9.85. The smallest absolute Gasteiger partial charge is 0.338 e. The Bertz CT molecular complexity index is 995. The van der Waals surface area contributed by atoms with Gasteiger partial charge >= 0.3 is 12.0 Å². The van der Waals surface area contributed by atoms with Gasteiger partial charge in [0.25, 0.3) is 0 Å². The molecule has 0 bridgehead atoms. The first-order chi connectivity index (χ1) is 14.3. The Balaban J connectivity index is 2.07. The molecule has 0 saturated carbocycles. The maximum absolute atomic E-state index is 13.1. The third kappa shape index (κ3) is 4.52. The van der Waals surface area contributed by atoms with E-state index in [1.54, 1.807) is 25.1 Å². The van der Waals surface area contributed by atoms with Gasteiger partial charge in [-0.3, -0.25) is 4.90 Å². The molecule has 2 aromatic rings. The molecule has 1 N–H and O–H groups in total. The third-order valence-corrected chi connectivity index (χ3v) is 5.39. The molecule has 1 aliphatic heterocycles. The van der Waals surface area contributed by atoms with E-state index in [9.17, 15) is 14.0 Å². The van der Waals surface area contributed by atoms with E-state index in [1.165, 1.54) is 36.2 Å². The largest absolute Gasteiger partial charge is 0.487 e. The monoisotopic (exact) mass is 452 g/mol. The van der Waals surface area contributed by atoms with E-state index < -0.39 is 23.9 Å². The average Bonchev–Trinajstić information content (AvgIpc) is 2.72. The molecule has 0 aromatic heterocycles. The number of amides is 2. The molecular weight excluding hydrogens is 434 g/mol. The lowest BCUT2D eigenvalue weighted by molar-refractivity contribution is -0.139. The van der Waals surface area contributed by atoms with Crippen LogP contribution < -0.4 is 10.1 Å². The van der Waals surface area contributed by atoms with Crippen molar-refractivity contribution in [3.8, 4) is 5.75 Å². The van der Waals surface area contributed by atoms with Crippen molar-refractivity contribution in [2.24, 2.45) is 0 Å². The highest BCUT2D eigenvalue weighted by Gasteiger charge is 2.38. The third-order valence-electron chi connectivity index (χ3n) is 4.55. The second-order valence-electron chi connectivity index (χ2n) is 6.41. The fraction of sp³-hybridized carbons (Fsp3) is 0.238. The Morgan fingerprint density at radius 2 is 1.90 bits per heavy atom. The number of likely N-dealkylation sites (N-methyl/N-ethyl adjacent to an activating group) is 1. The van der Waals surface area contributed by atoms with Gasteiger partial charge in [0.05, 0.1) is 34.0 Å². The van der Waals surface area contributed by atoms with Crippen molar-refractivity contribution >= 4 is 35.2 Å². The lowest BCUT2D eigenvalue weighted by Crippen LogP contribution is -2.48. The summed E-state index contributed by atoms with van der Waals surface area (Å²) in [4.78, 5) is 26.7. The number of nitrogens with one attached hydrogen (secondary N) is 1. The molecule has 1 aliphatic rings. The van der Waals surface area contributed by atoms with Gasteiger partial charge in [0.15, 0.2) is 0 Å². The van der Waals surface area contributed by atoms with Gasteiger partial charge < -0.3 is 14.8 Å². The highest BCUT2D eigenvalue weighted by molar-refractivity contribution is 6.42. The summed E-state index contributed by atoms with van der Waals surface area (Å²) in [5.41, 5.74) is 0.917. The topological polar surface area (TPSA) is 67.9 Å². The van der Waals surface area contributed by atoms with E-state index in [-0.39, 0.29) is 28.8 Å². The van der Waals surface area contributed by atoms with Gasteiger partial charge in [0, 0.05) is 7.05 Å². The standard InChI is InChI=1S/C21H19Cl2FN2O4/c1-3-29-20(27)17-16(11-30-13-9-7-12(24)8-10-13)26(2)21(28)25-19(17)14-5-4-6-15(22)18(14)23/h4-10,19H,3,11H2,1-2H3,(H,25,28). The Morgan fingerprint density at radius 1 is 1.20 bits per heavy atom. The minimum atomic E-state index is -0.884. The molecule has 2 amide bonds. The van der Waals surface area contributed by atoms with Crippen molar-refractivity contribution in [2.45, 2.75) is 13.0 Å². The molecule has 6 nitrogen and oxygen atoms in total. The van der Waals surface area contributed by atoms with Crippen LogP contribution in [0.1, 0.15) is 18.5 Å². The molecule has 158 valence electrons. The Morgan fingerprint density at radius 3 is 2.57 bits per heavy atom. The quantitative estimate of drug-likeness (QED) is 0.643. The summed E-state index contributed by atoms with van der Waals surface area (Å²) >= 11 is 12.5. The lowest BCUT2D eigenvalue weighted by Gasteiger charge is -2.34. The molecule has 30 heavy (non-hydrogen) atoms. The molecule has 0 radical (unpaired) electrons. The predicted molar refractivity (Wildman–Crippen MR) is 111 cm³/mol. The molecule has 9 heteroatoms. The molecule has 3 rings (SSSR count). The number of rotatable bonds is 6. The molecule has 2 aromatic carbocycles. The minimum Gasteiger partial charge on any atom is -0.487 e. The maximum Gasteiger partial charge on any atom is 0.338 e. The van der Waals surface area contributed by atoms with Crippen molar-refractivity contribution in [1.82, 2.24) is 10.2 Å². The number of urea groups is 1. The summed E-state index contributed by atoms with van der Waals surface area (Å²) < 4.78 is 24.1. The van der Waals surface area contributed by atoms with Gasteiger partial charge in [0.1, 0.15) is 18.2 Å². The number of hydrogen-bond donors (Lipinski definition) is 1. The zero-order valence-electron chi connectivity index (χ0n) is 16.2. The predicted octanol–water partition coefficient (Wildman–Crippen LogP) is 4.72. The summed E-state index contributed by atoms with van der Waals surface area (Å²) in [6, 6.07) is 9.02. The number of ether oxygens (including phenoxy) is 2. The van der Waals surface area contributed by atoms with Gasteiger partial charge in [-0.15, -0.1) is 0 Å². The lowest BCUT2D eigenvalue weighted by atomic mass is 9.94. The van der Waals surface area contributed by atoms with Crippen molar-refractivity contribution < 1.29 is 23.5 Å². The summed E-state index contributed by atoms with van der Waals surface area (Å²) in [6.07, 6.45) is 0. The van der Waals surface area contributed by atoms with E-state index in [0.717, 1.165) is 0 Å². The molecule has 0 aliphatic carbocycles. The number of carbonyl (C=O) groups excluding carboxylic acids is 2. The fourth-order valence-electron chi connectivity index (χ4n) is 3.04. The van der Waals surface area contributed by atoms with Crippen molar-refractivity contribution in [1.29, 1.82) is 0 Å². The van der Waals surface area contributed by atoms with Gasteiger partial charge in [-0.05, 0) is 42.8 Å². The van der Waals surface area contributed by atoms with E-state index in [4.69, 9.17) is 32.7 Å². The van der Waals surface area contributed by atoms with Crippen LogP contribution in [0.25, 0.3) is 0 Å². The summed E-state index contributed by atoms with van der Waals surface area (Å²) in [5, 5.41) is 3.26. The van der Waals surface area contributed by atoms with Gasteiger partial charge in [-0.1, -0.05) is 35.3 Å². The van der Waals surface area contributed by atoms with Crippen LogP contribution in [-0.4, -0.2) is 37.2 Å². The molecule has 1 unspecified atom stereocenters. The zero-order valence-corrected chi connectivity index (χ0v) is 17.8. The van der Waals surface area contributed by atoms with Crippen LogP contribution in [0.15, 0.2) is 53.7 Å². The molecule has 1 atom stereocenters. The normalized spacial score (nSPS) is 16.4. The Labute approximate surface area is 183 Å². The molecular formula is C21H19Cl2FN2O4. The van der Waals surface area contributed by atoms with Crippen LogP contribution in [0, 0.1) is 5.82 Å². The molecule has 0 spiro atoms. The second-order valence-corrected chi connectivity index (χ2v) is 7.19. The maximum atomic E-state index is 13.1. The van der Waals surface area contributed by atoms with Crippen molar-refractivity contribution in [2.75, 3.05) is 20.3 Å². The van der Waals surface area contributed by atoms with Gasteiger partial charge in [0.2, 0.25) is 0 Å².